The molecule has 2 aromatic heterocycles. The molecule has 0 fully saturated rings. The number of para-hydroxylation sites is 1. The van der Waals surface area contributed by atoms with Crippen molar-refractivity contribution < 1.29 is 4.79 Å². The maximum Gasteiger partial charge on any atom is 0.176 e. The van der Waals surface area contributed by atoms with Gasteiger partial charge in [0.05, 0.1) is 23.2 Å². The molecule has 106 valence electrons. The summed E-state index contributed by atoms with van der Waals surface area (Å²) in [6, 6.07) is 9.72. The zero-order valence-electron chi connectivity index (χ0n) is 11.5. The molecule has 5 nitrogen and oxygen atoms in total. The van der Waals surface area contributed by atoms with Crippen LogP contribution in [0.1, 0.15) is 10.4 Å². The molecule has 0 spiro atoms. The van der Waals surface area contributed by atoms with Gasteiger partial charge < -0.3 is 4.57 Å². The summed E-state index contributed by atoms with van der Waals surface area (Å²) in [7, 11) is 1.91. The summed E-state index contributed by atoms with van der Waals surface area (Å²) >= 11 is 1.43. The molecule has 0 unspecified atom stereocenters. The Bertz CT molecular complexity index is 748. The second kappa shape index (κ2) is 5.97. The molecule has 21 heavy (non-hydrogen) atoms. The lowest BCUT2D eigenvalue weighted by Gasteiger charge is -2.00. The fourth-order valence-corrected chi connectivity index (χ4v) is 2.72. The number of thioether (sulfide) groups is 1. The van der Waals surface area contributed by atoms with Crippen LogP contribution in [-0.2, 0) is 7.05 Å². The van der Waals surface area contributed by atoms with E-state index in [9.17, 15) is 4.79 Å². The summed E-state index contributed by atoms with van der Waals surface area (Å²) in [5, 5.41) is 5.07. The third kappa shape index (κ3) is 3.05. The van der Waals surface area contributed by atoms with Crippen molar-refractivity contribution in [3.63, 3.8) is 0 Å². The maximum atomic E-state index is 12.2. The lowest BCUT2D eigenvalue weighted by atomic mass is 10.2. The van der Waals surface area contributed by atoms with Crippen molar-refractivity contribution in [2.75, 3.05) is 5.75 Å². The van der Waals surface area contributed by atoms with Crippen molar-refractivity contribution in [3.8, 4) is 5.69 Å². The van der Waals surface area contributed by atoms with Gasteiger partial charge in [0, 0.05) is 25.6 Å². The molecule has 0 aliphatic carbocycles. The van der Waals surface area contributed by atoms with E-state index in [4.69, 9.17) is 0 Å². The minimum absolute atomic E-state index is 0.0465. The molecule has 2 heterocycles. The van der Waals surface area contributed by atoms with Gasteiger partial charge in [-0.25, -0.2) is 9.67 Å². The van der Waals surface area contributed by atoms with Gasteiger partial charge in [-0.1, -0.05) is 30.0 Å². The van der Waals surface area contributed by atoms with E-state index in [1.165, 1.54) is 11.8 Å². The number of ketones is 1. The first-order chi connectivity index (χ1) is 10.2. The molecule has 0 radical (unpaired) electrons. The van der Waals surface area contributed by atoms with Gasteiger partial charge in [-0.15, -0.1) is 0 Å². The highest BCUT2D eigenvalue weighted by Gasteiger charge is 2.11. The van der Waals surface area contributed by atoms with Gasteiger partial charge in [-0.3, -0.25) is 4.79 Å². The van der Waals surface area contributed by atoms with Crippen molar-refractivity contribution in [1.29, 1.82) is 0 Å². The van der Waals surface area contributed by atoms with Crippen molar-refractivity contribution in [1.82, 2.24) is 19.3 Å². The van der Waals surface area contributed by atoms with Crippen LogP contribution >= 0.6 is 11.8 Å². The van der Waals surface area contributed by atoms with Crippen LogP contribution in [0.2, 0.25) is 0 Å². The van der Waals surface area contributed by atoms with Gasteiger partial charge in [0.15, 0.2) is 10.9 Å². The highest BCUT2D eigenvalue weighted by Crippen LogP contribution is 2.17. The average molecular weight is 298 g/mol. The van der Waals surface area contributed by atoms with Crippen LogP contribution in [0, 0.1) is 0 Å². The Hall–Kier alpha value is -2.34. The Balaban J connectivity index is 1.69. The summed E-state index contributed by atoms with van der Waals surface area (Å²) in [6.45, 7) is 0. The van der Waals surface area contributed by atoms with Gasteiger partial charge in [0.2, 0.25) is 0 Å². The summed E-state index contributed by atoms with van der Waals surface area (Å²) in [6.07, 6.45) is 6.95. The molecule has 0 bridgehead atoms. The van der Waals surface area contributed by atoms with Crippen LogP contribution in [0.25, 0.3) is 5.69 Å². The fourth-order valence-electron chi connectivity index (χ4n) is 1.89. The van der Waals surface area contributed by atoms with E-state index in [0.29, 0.717) is 11.3 Å². The van der Waals surface area contributed by atoms with E-state index in [1.54, 1.807) is 23.3 Å². The number of aryl methyl sites for hydroxylation is 1. The molecule has 0 N–H and O–H groups in total. The second-order valence-electron chi connectivity index (χ2n) is 4.54. The number of carbonyl (C=O) groups excluding carboxylic acids is 1. The molecule has 0 saturated heterocycles. The zero-order chi connectivity index (χ0) is 14.7. The monoisotopic (exact) mass is 298 g/mol. The number of hydrogen-bond donors (Lipinski definition) is 0. The van der Waals surface area contributed by atoms with Gasteiger partial charge in [0.25, 0.3) is 0 Å². The maximum absolute atomic E-state index is 12.2. The number of imidazole rings is 1. The first kappa shape index (κ1) is 13.6. The number of rotatable bonds is 5. The topological polar surface area (TPSA) is 52.7 Å². The number of benzene rings is 1. The summed E-state index contributed by atoms with van der Waals surface area (Å²) in [4.78, 5) is 16.4. The van der Waals surface area contributed by atoms with Crippen molar-refractivity contribution in [2.24, 2.45) is 7.05 Å². The number of hydrogen-bond acceptors (Lipinski definition) is 4. The molecule has 0 saturated carbocycles. The Kier molecular flexibility index (Phi) is 3.87. The lowest BCUT2D eigenvalue weighted by molar-refractivity contribution is 0.102. The number of carbonyl (C=O) groups is 1. The molecule has 0 amide bonds. The molecule has 0 aliphatic heterocycles. The molecule has 1 aromatic carbocycles. The van der Waals surface area contributed by atoms with Crippen LogP contribution in [0.5, 0.6) is 0 Å². The number of aromatic nitrogens is 4. The van der Waals surface area contributed by atoms with Crippen molar-refractivity contribution >= 4 is 17.5 Å². The van der Waals surface area contributed by atoms with E-state index < -0.39 is 0 Å². The van der Waals surface area contributed by atoms with Gasteiger partial charge in [-0.05, 0) is 12.1 Å². The first-order valence-electron chi connectivity index (χ1n) is 6.47. The fraction of sp³-hybridized carbons (Fsp3) is 0.133. The molecule has 0 aliphatic rings. The Morgan fingerprint density at radius 1 is 1.29 bits per heavy atom. The minimum Gasteiger partial charge on any atom is -0.329 e. The van der Waals surface area contributed by atoms with Crippen molar-refractivity contribution in [3.05, 3.63) is 60.7 Å². The largest absolute Gasteiger partial charge is 0.329 e. The number of nitrogens with zero attached hydrogens (tertiary/aromatic N) is 4. The predicted octanol–water partition coefficient (Wildman–Crippen LogP) is 2.58. The molecule has 3 aromatic rings. The molecule has 3 rings (SSSR count). The van der Waals surface area contributed by atoms with Gasteiger partial charge in [0.1, 0.15) is 0 Å². The van der Waals surface area contributed by atoms with Crippen LogP contribution in [-0.4, -0.2) is 30.9 Å². The van der Waals surface area contributed by atoms with Crippen LogP contribution in [0.4, 0.5) is 0 Å². The van der Waals surface area contributed by atoms with E-state index in [0.717, 1.165) is 10.8 Å². The quantitative estimate of drug-likeness (QED) is 0.536. The van der Waals surface area contributed by atoms with Gasteiger partial charge in [-0.2, -0.15) is 5.10 Å². The molecular formula is C15H14N4OS. The predicted molar refractivity (Wildman–Crippen MR) is 81.8 cm³/mol. The average Bonchev–Trinajstić information content (AvgIpc) is 3.15. The minimum atomic E-state index is 0.0465. The van der Waals surface area contributed by atoms with Crippen LogP contribution in [0.3, 0.4) is 0 Å². The molecule has 0 atom stereocenters. The lowest BCUT2D eigenvalue weighted by Crippen LogP contribution is -2.02. The van der Waals surface area contributed by atoms with Crippen LogP contribution in [0.15, 0.2) is 60.3 Å². The third-order valence-corrected chi connectivity index (χ3v) is 4.09. The van der Waals surface area contributed by atoms with Crippen molar-refractivity contribution in [2.45, 2.75) is 5.16 Å². The summed E-state index contributed by atoms with van der Waals surface area (Å²) in [5.74, 6) is 0.399. The number of Topliss-reactive ketones (excluding diaryl/α,β-unsaturated/α-hetero) is 1. The first-order valence-corrected chi connectivity index (χ1v) is 7.46. The molecule has 6 heteroatoms. The van der Waals surface area contributed by atoms with E-state index in [2.05, 4.69) is 10.1 Å². The SMILES string of the molecule is Cn1ccnc1SCC(=O)c1cnn(-c2ccccc2)c1. The van der Waals surface area contributed by atoms with E-state index in [-0.39, 0.29) is 5.78 Å². The Morgan fingerprint density at radius 2 is 2.10 bits per heavy atom. The summed E-state index contributed by atoms with van der Waals surface area (Å²) < 4.78 is 3.60. The zero-order valence-corrected chi connectivity index (χ0v) is 12.3. The van der Waals surface area contributed by atoms with Gasteiger partial charge >= 0.3 is 0 Å². The van der Waals surface area contributed by atoms with Crippen LogP contribution < -0.4 is 0 Å². The Morgan fingerprint density at radius 3 is 2.81 bits per heavy atom. The smallest absolute Gasteiger partial charge is 0.176 e. The highest BCUT2D eigenvalue weighted by molar-refractivity contribution is 7.99. The van der Waals surface area contributed by atoms with E-state index in [1.807, 2.05) is 48.1 Å². The molecular weight excluding hydrogens is 284 g/mol. The third-order valence-electron chi connectivity index (χ3n) is 3.03. The summed E-state index contributed by atoms with van der Waals surface area (Å²) in [5.41, 5.74) is 1.55. The van der Waals surface area contributed by atoms with E-state index >= 15 is 0 Å². The normalized spacial score (nSPS) is 10.7. The highest BCUT2D eigenvalue weighted by atomic mass is 32.2. The Labute approximate surface area is 126 Å². The second-order valence-corrected chi connectivity index (χ2v) is 5.48. The standard InChI is InChI=1S/C15H14N4OS/c1-18-8-7-16-15(18)21-11-14(20)12-9-17-19(10-12)13-5-3-2-4-6-13/h2-10H,11H2,1H3.